The van der Waals surface area contributed by atoms with Gasteiger partial charge < -0.3 is 14.4 Å². The Balaban J connectivity index is 0.921. The van der Waals surface area contributed by atoms with Crippen LogP contribution in [-0.2, 0) is 36.5 Å². The summed E-state index contributed by atoms with van der Waals surface area (Å²) in [6.45, 7) is 4.04. The second-order valence-electron chi connectivity index (χ2n) is 20.9. The Hall–Kier alpha value is -7.10. The Labute approximate surface area is 394 Å². The van der Waals surface area contributed by atoms with E-state index in [1.54, 1.807) is 5.56 Å². The van der Waals surface area contributed by atoms with Crippen molar-refractivity contribution in [2.75, 3.05) is 9.80 Å². The molecule has 8 aromatic carbocycles. The van der Waals surface area contributed by atoms with Crippen molar-refractivity contribution >= 4 is 62.0 Å². The molecule has 15 rings (SSSR count). The number of aryl methyl sites for hydroxylation is 4. The molecule has 4 fully saturated rings. The van der Waals surface area contributed by atoms with E-state index in [-0.39, 0.29) is 10.8 Å². The van der Waals surface area contributed by atoms with Gasteiger partial charge in [-0.15, -0.1) is 0 Å². The molecule has 3 nitrogen and oxygen atoms in total. The highest BCUT2D eigenvalue weighted by Crippen LogP contribution is 2.66. The van der Waals surface area contributed by atoms with Crippen LogP contribution in [0, 0.1) is 11.8 Å². The van der Waals surface area contributed by atoms with Crippen LogP contribution >= 0.6 is 0 Å². The molecular formula is C64H55N3. The fourth-order valence-corrected chi connectivity index (χ4v) is 14.1. The number of fused-ring (bicyclic) bond motifs is 5. The van der Waals surface area contributed by atoms with Gasteiger partial charge in [-0.2, -0.15) is 0 Å². The molecule has 1 heterocycles. The zero-order valence-corrected chi connectivity index (χ0v) is 38.2. The number of benzene rings is 8. The first-order chi connectivity index (χ1) is 33.0. The van der Waals surface area contributed by atoms with Gasteiger partial charge in [0.1, 0.15) is 0 Å². The van der Waals surface area contributed by atoms with Crippen LogP contribution in [0.5, 0.6) is 0 Å². The van der Waals surface area contributed by atoms with Gasteiger partial charge in [-0.1, -0.05) is 97.6 Å². The van der Waals surface area contributed by atoms with Gasteiger partial charge in [-0.25, -0.2) is 0 Å². The molecule has 3 heteroatoms. The molecular weight excluding hydrogens is 811 g/mol. The fraction of sp³-hybridized carbons (Fsp3) is 0.219. The molecule has 6 aliphatic carbocycles. The Morgan fingerprint density at radius 3 is 1.30 bits per heavy atom. The standard InChI is InChI=1S/C64H55N3/c1-2-43-13-21-50(22-14-43)63-38-44-33-45(39-63)41-64(40-44,42-63)51-23-27-54(28-24-51)67-61-31-29-57(65(52-9-5-3-6-10-52)55-25-19-46-15-17-48(46)34-55)36-59(61)60-37-58(30-32-62(60)67)66(53-11-7-4-8-12-53)56-26-20-47-16-18-49(47)35-56/h2-14,19-32,34-37,44-45H,1,15-18,33,38-42H2. The lowest BCUT2D eigenvalue weighted by atomic mass is 9.42. The van der Waals surface area contributed by atoms with E-state index >= 15 is 0 Å². The minimum Gasteiger partial charge on any atom is -0.310 e. The minimum atomic E-state index is 0.225. The first-order valence-corrected chi connectivity index (χ1v) is 24.9. The average Bonchev–Trinajstić information content (AvgIpc) is 3.66. The third kappa shape index (κ3) is 6.23. The van der Waals surface area contributed by atoms with Gasteiger partial charge >= 0.3 is 0 Å². The number of rotatable bonds is 10. The Bertz CT molecular complexity index is 3230. The predicted octanol–water partition coefficient (Wildman–Crippen LogP) is 16.4. The first-order valence-electron chi connectivity index (χ1n) is 24.9. The Kier molecular flexibility index (Phi) is 8.73. The van der Waals surface area contributed by atoms with E-state index in [0.29, 0.717) is 0 Å². The third-order valence-corrected chi connectivity index (χ3v) is 17.1. The van der Waals surface area contributed by atoms with Gasteiger partial charge in [0.2, 0.25) is 0 Å². The topological polar surface area (TPSA) is 11.4 Å². The van der Waals surface area contributed by atoms with Crippen LogP contribution in [0.3, 0.4) is 0 Å². The lowest BCUT2D eigenvalue weighted by Crippen LogP contribution is -2.55. The Morgan fingerprint density at radius 1 is 0.433 bits per heavy atom. The van der Waals surface area contributed by atoms with Crippen LogP contribution in [0.1, 0.15) is 77.5 Å². The van der Waals surface area contributed by atoms with E-state index < -0.39 is 0 Å². The van der Waals surface area contributed by atoms with E-state index in [2.05, 4.69) is 203 Å². The summed E-state index contributed by atoms with van der Waals surface area (Å²) in [7, 11) is 0. The molecule has 4 saturated carbocycles. The zero-order chi connectivity index (χ0) is 44.3. The van der Waals surface area contributed by atoms with Gasteiger partial charge in [0, 0.05) is 50.6 Å². The summed E-state index contributed by atoms with van der Waals surface area (Å²) >= 11 is 0. The smallest absolute Gasteiger partial charge is 0.0542 e. The number of anilines is 6. The first kappa shape index (κ1) is 39.1. The number of para-hydroxylation sites is 2. The predicted molar refractivity (Wildman–Crippen MR) is 280 cm³/mol. The largest absolute Gasteiger partial charge is 0.310 e. The summed E-state index contributed by atoms with van der Waals surface area (Å²) in [6.07, 6.45) is 14.6. The van der Waals surface area contributed by atoms with Crippen molar-refractivity contribution in [1.29, 1.82) is 0 Å². The second-order valence-corrected chi connectivity index (χ2v) is 20.9. The molecule has 0 aliphatic heterocycles. The molecule has 2 unspecified atom stereocenters. The van der Waals surface area contributed by atoms with Crippen molar-refractivity contribution in [3.8, 4) is 5.69 Å². The van der Waals surface area contributed by atoms with E-state index in [4.69, 9.17) is 0 Å². The lowest BCUT2D eigenvalue weighted by Gasteiger charge is -2.63. The van der Waals surface area contributed by atoms with Crippen LogP contribution < -0.4 is 9.80 Å². The molecule has 0 amide bonds. The quantitative estimate of drug-likeness (QED) is 0.136. The average molecular weight is 866 g/mol. The summed E-state index contributed by atoms with van der Waals surface area (Å²) in [5, 5.41) is 2.50. The molecule has 2 atom stereocenters. The van der Waals surface area contributed by atoms with Gasteiger partial charge in [0.25, 0.3) is 0 Å². The van der Waals surface area contributed by atoms with Crippen LogP contribution in [0.25, 0.3) is 33.6 Å². The maximum absolute atomic E-state index is 4.04. The van der Waals surface area contributed by atoms with E-state index in [1.807, 2.05) is 6.08 Å². The molecule has 326 valence electrons. The molecule has 0 spiro atoms. The molecule has 9 aromatic rings. The van der Waals surface area contributed by atoms with E-state index in [0.717, 1.165) is 47.4 Å². The third-order valence-electron chi connectivity index (χ3n) is 17.1. The number of hydrogen-bond donors (Lipinski definition) is 0. The summed E-state index contributed by atoms with van der Waals surface area (Å²) in [5.41, 5.74) is 21.4. The van der Waals surface area contributed by atoms with Crippen LogP contribution in [0.15, 0.2) is 189 Å². The monoisotopic (exact) mass is 865 g/mol. The van der Waals surface area contributed by atoms with Crippen molar-refractivity contribution in [2.24, 2.45) is 11.8 Å². The minimum absolute atomic E-state index is 0.225. The number of hydrogen-bond acceptors (Lipinski definition) is 2. The number of aromatic nitrogens is 1. The van der Waals surface area contributed by atoms with Gasteiger partial charge in [-0.05, 0) is 223 Å². The summed E-state index contributed by atoms with van der Waals surface area (Å²) in [4.78, 5) is 4.90. The van der Waals surface area contributed by atoms with Crippen LogP contribution in [0.4, 0.5) is 34.1 Å². The molecule has 0 N–H and O–H groups in total. The second kappa shape index (κ2) is 15.0. The van der Waals surface area contributed by atoms with Crippen LogP contribution in [0.2, 0.25) is 0 Å². The molecule has 6 aliphatic rings. The molecule has 67 heavy (non-hydrogen) atoms. The van der Waals surface area contributed by atoms with Crippen molar-refractivity contribution in [1.82, 2.24) is 4.57 Å². The van der Waals surface area contributed by atoms with Gasteiger partial charge in [-0.3, -0.25) is 0 Å². The van der Waals surface area contributed by atoms with Crippen molar-refractivity contribution < 1.29 is 0 Å². The van der Waals surface area contributed by atoms with Crippen molar-refractivity contribution in [3.63, 3.8) is 0 Å². The lowest BCUT2D eigenvalue weighted by molar-refractivity contribution is -0.0281. The van der Waals surface area contributed by atoms with Crippen molar-refractivity contribution in [2.45, 2.75) is 75.0 Å². The molecule has 0 saturated heterocycles. The van der Waals surface area contributed by atoms with Gasteiger partial charge in [0.05, 0.1) is 11.0 Å². The molecule has 4 bridgehead atoms. The Morgan fingerprint density at radius 2 is 0.866 bits per heavy atom. The maximum Gasteiger partial charge on any atom is 0.0542 e. The normalized spacial score (nSPS) is 21.9. The SMILES string of the molecule is C=Cc1ccc(C23CC4CC(C2)CC(c2ccc(-n5c6ccc(N(c7ccccc7)c7ccc8c(c7)CC8)cc6c6cc(N(c7ccccc7)c7ccc8c(c7)CC8)ccc65)cc2)(C4)C3)cc1. The fourth-order valence-electron chi connectivity index (χ4n) is 14.1. The highest BCUT2D eigenvalue weighted by atomic mass is 15.2. The maximum atomic E-state index is 4.04. The van der Waals surface area contributed by atoms with Crippen LogP contribution in [-0.4, -0.2) is 4.57 Å². The van der Waals surface area contributed by atoms with E-state index in [9.17, 15) is 0 Å². The van der Waals surface area contributed by atoms with E-state index in [1.165, 1.54) is 124 Å². The molecule has 1 aromatic heterocycles. The zero-order valence-electron chi connectivity index (χ0n) is 38.2. The van der Waals surface area contributed by atoms with Crippen molar-refractivity contribution in [3.05, 3.63) is 228 Å². The highest BCUT2D eigenvalue weighted by Gasteiger charge is 2.58. The molecule has 0 radical (unpaired) electrons. The number of nitrogens with zero attached hydrogens (tertiary/aromatic N) is 3. The highest BCUT2D eigenvalue weighted by molar-refractivity contribution is 6.12. The van der Waals surface area contributed by atoms with Gasteiger partial charge in [0.15, 0.2) is 0 Å². The summed E-state index contributed by atoms with van der Waals surface area (Å²) in [6, 6.07) is 69.6. The summed E-state index contributed by atoms with van der Waals surface area (Å²) < 4.78 is 2.53. The summed E-state index contributed by atoms with van der Waals surface area (Å²) in [5.74, 6) is 1.60.